The van der Waals surface area contributed by atoms with Gasteiger partial charge in [-0.1, -0.05) is 31.2 Å². The minimum atomic E-state index is -0.505. The normalized spacial score (nSPS) is 21.3. The first kappa shape index (κ1) is 16.5. The van der Waals surface area contributed by atoms with Gasteiger partial charge in [0.2, 0.25) is 5.91 Å². The molecule has 0 spiro atoms. The molecule has 0 aromatic heterocycles. The Morgan fingerprint density at radius 2 is 2.05 bits per heavy atom. The molecule has 1 aromatic carbocycles. The zero-order valence-corrected chi connectivity index (χ0v) is 14.3. The van der Waals surface area contributed by atoms with Gasteiger partial charge >= 0.3 is 0 Å². The van der Waals surface area contributed by atoms with E-state index in [1.54, 1.807) is 5.01 Å². The van der Waals surface area contributed by atoms with Gasteiger partial charge in [-0.2, -0.15) is 5.10 Å². The maximum Gasteiger partial charge on any atom is 0.246 e. The van der Waals surface area contributed by atoms with Gasteiger partial charge < -0.3 is 0 Å². The molecular formula is C19H26N2O. The van der Waals surface area contributed by atoms with E-state index < -0.39 is 5.54 Å². The molecule has 1 aliphatic rings. The molecule has 0 saturated heterocycles. The third-order valence-corrected chi connectivity index (χ3v) is 4.56. The molecule has 22 heavy (non-hydrogen) atoms. The van der Waals surface area contributed by atoms with Crippen molar-refractivity contribution in [1.29, 1.82) is 0 Å². The second-order valence-corrected chi connectivity index (χ2v) is 6.75. The molecule has 0 aliphatic carbocycles. The van der Waals surface area contributed by atoms with E-state index in [0.717, 1.165) is 12.1 Å². The highest BCUT2D eigenvalue weighted by Crippen LogP contribution is 2.29. The standard InChI is InChI=1S/C19H26N2O/c1-7-19(6,12-17-9-8-13(2)14(3)11-17)21-18(22)15(4)10-16(5)20-21/h7-9,11,15H,1,10,12H2,2-6H3. The summed E-state index contributed by atoms with van der Waals surface area (Å²) in [4.78, 5) is 12.6. The summed E-state index contributed by atoms with van der Waals surface area (Å²) in [5, 5.41) is 6.16. The van der Waals surface area contributed by atoms with Crippen LogP contribution in [0, 0.1) is 19.8 Å². The zero-order valence-electron chi connectivity index (χ0n) is 14.3. The van der Waals surface area contributed by atoms with Crippen molar-refractivity contribution in [2.75, 3.05) is 0 Å². The van der Waals surface area contributed by atoms with Crippen LogP contribution in [0.5, 0.6) is 0 Å². The Bertz CT molecular complexity index is 632. The first-order chi connectivity index (χ1) is 10.3. The van der Waals surface area contributed by atoms with Gasteiger partial charge in [-0.25, -0.2) is 5.01 Å². The third-order valence-electron chi connectivity index (χ3n) is 4.56. The van der Waals surface area contributed by atoms with Gasteiger partial charge in [-0.05, 0) is 50.8 Å². The molecule has 1 aliphatic heterocycles. The predicted molar refractivity (Wildman–Crippen MR) is 92.0 cm³/mol. The molecule has 2 rings (SSSR count). The topological polar surface area (TPSA) is 32.7 Å². The first-order valence-electron chi connectivity index (χ1n) is 7.84. The lowest BCUT2D eigenvalue weighted by Gasteiger charge is -2.39. The molecule has 0 fully saturated rings. The van der Waals surface area contributed by atoms with Crippen LogP contribution < -0.4 is 0 Å². The lowest BCUT2D eigenvalue weighted by molar-refractivity contribution is -0.140. The molecule has 0 radical (unpaired) electrons. The average molecular weight is 298 g/mol. The first-order valence-corrected chi connectivity index (χ1v) is 7.84. The van der Waals surface area contributed by atoms with Gasteiger partial charge in [0, 0.05) is 18.1 Å². The number of carbonyl (C=O) groups is 1. The molecule has 2 atom stereocenters. The highest BCUT2D eigenvalue weighted by Gasteiger charge is 2.38. The lowest BCUT2D eigenvalue weighted by atomic mass is 9.89. The van der Waals surface area contributed by atoms with E-state index in [9.17, 15) is 4.79 Å². The monoisotopic (exact) mass is 298 g/mol. The lowest BCUT2D eigenvalue weighted by Crippen LogP contribution is -2.51. The van der Waals surface area contributed by atoms with E-state index in [2.05, 4.69) is 43.7 Å². The van der Waals surface area contributed by atoms with Crippen molar-refractivity contribution in [2.24, 2.45) is 11.0 Å². The molecule has 3 heteroatoms. The third kappa shape index (κ3) is 3.13. The second-order valence-electron chi connectivity index (χ2n) is 6.75. The van der Waals surface area contributed by atoms with E-state index in [-0.39, 0.29) is 11.8 Å². The van der Waals surface area contributed by atoms with E-state index >= 15 is 0 Å². The Kier molecular flexibility index (Phi) is 4.55. The van der Waals surface area contributed by atoms with Gasteiger partial charge in [-0.15, -0.1) is 6.58 Å². The maximum absolute atomic E-state index is 12.6. The van der Waals surface area contributed by atoms with Crippen molar-refractivity contribution in [3.8, 4) is 0 Å². The molecule has 1 heterocycles. The second kappa shape index (κ2) is 6.07. The minimum Gasteiger partial charge on any atom is -0.273 e. The largest absolute Gasteiger partial charge is 0.273 e. The highest BCUT2D eigenvalue weighted by molar-refractivity contribution is 5.93. The highest BCUT2D eigenvalue weighted by atomic mass is 16.2. The number of nitrogens with zero attached hydrogens (tertiary/aromatic N) is 2. The summed E-state index contributed by atoms with van der Waals surface area (Å²) in [6, 6.07) is 6.44. The number of aryl methyl sites for hydroxylation is 2. The maximum atomic E-state index is 12.6. The fraction of sp³-hybridized carbons (Fsp3) is 0.474. The van der Waals surface area contributed by atoms with Crippen molar-refractivity contribution in [2.45, 2.75) is 53.0 Å². The fourth-order valence-corrected chi connectivity index (χ4v) is 2.93. The Labute approximate surface area is 133 Å². The number of hydrogen-bond acceptors (Lipinski definition) is 2. The Morgan fingerprint density at radius 1 is 1.36 bits per heavy atom. The van der Waals surface area contributed by atoms with Gasteiger partial charge in [0.1, 0.15) is 0 Å². The molecule has 2 unspecified atom stereocenters. The van der Waals surface area contributed by atoms with Crippen molar-refractivity contribution >= 4 is 11.6 Å². The summed E-state index contributed by atoms with van der Waals surface area (Å²) in [5.41, 5.74) is 4.24. The van der Waals surface area contributed by atoms with E-state index in [4.69, 9.17) is 0 Å². The SMILES string of the molecule is C=CC(C)(Cc1ccc(C)c(C)c1)N1N=C(C)CC(C)C1=O. The van der Waals surface area contributed by atoms with Gasteiger partial charge in [0.25, 0.3) is 0 Å². The molecule has 0 saturated carbocycles. The summed E-state index contributed by atoms with van der Waals surface area (Å²) in [7, 11) is 0. The Hall–Kier alpha value is -1.90. The quantitative estimate of drug-likeness (QED) is 0.772. The minimum absolute atomic E-state index is 0.0171. The molecule has 118 valence electrons. The fourth-order valence-electron chi connectivity index (χ4n) is 2.93. The van der Waals surface area contributed by atoms with Crippen LogP contribution in [0.25, 0.3) is 0 Å². The number of hydrogen-bond donors (Lipinski definition) is 0. The summed E-state index contributed by atoms with van der Waals surface area (Å²) >= 11 is 0. The van der Waals surface area contributed by atoms with E-state index in [1.807, 2.05) is 26.8 Å². The smallest absolute Gasteiger partial charge is 0.246 e. The van der Waals surface area contributed by atoms with Crippen LogP contribution in [-0.2, 0) is 11.2 Å². The van der Waals surface area contributed by atoms with Crippen molar-refractivity contribution < 1.29 is 4.79 Å². The molecule has 0 bridgehead atoms. The van der Waals surface area contributed by atoms with Gasteiger partial charge in [0.15, 0.2) is 0 Å². The Balaban J connectivity index is 2.35. The number of rotatable bonds is 4. The van der Waals surface area contributed by atoms with Crippen LogP contribution in [0.15, 0.2) is 36.0 Å². The summed E-state index contributed by atoms with van der Waals surface area (Å²) in [5.74, 6) is 0.0633. The number of benzene rings is 1. The van der Waals surface area contributed by atoms with Crippen LogP contribution in [0.1, 0.15) is 43.9 Å². The summed E-state index contributed by atoms with van der Waals surface area (Å²) < 4.78 is 0. The van der Waals surface area contributed by atoms with E-state index in [0.29, 0.717) is 6.42 Å². The average Bonchev–Trinajstić information content (AvgIpc) is 2.46. The van der Waals surface area contributed by atoms with Crippen LogP contribution in [-0.4, -0.2) is 22.2 Å². The van der Waals surface area contributed by atoms with Gasteiger partial charge in [0.05, 0.1) is 5.54 Å². The summed E-state index contributed by atoms with van der Waals surface area (Å²) in [6.07, 6.45) is 3.30. The number of carbonyl (C=O) groups excluding carboxylic acids is 1. The van der Waals surface area contributed by atoms with Crippen LogP contribution in [0.3, 0.4) is 0 Å². The Morgan fingerprint density at radius 3 is 2.64 bits per heavy atom. The molecule has 0 N–H and O–H groups in total. The summed E-state index contributed by atoms with van der Waals surface area (Å²) in [6.45, 7) is 14.2. The predicted octanol–water partition coefficient (Wildman–Crippen LogP) is 4.03. The zero-order chi connectivity index (χ0) is 16.5. The van der Waals surface area contributed by atoms with Gasteiger partial charge in [-0.3, -0.25) is 4.79 Å². The molecule has 1 aromatic rings. The molecular weight excluding hydrogens is 272 g/mol. The van der Waals surface area contributed by atoms with E-state index in [1.165, 1.54) is 16.7 Å². The van der Waals surface area contributed by atoms with Crippen LogP contribution in [0.2, 0.25) is 0 Å². The van der Waals surface area contributed by atoms with Crippen LogP contribution in [0.4, 0.5) is 0 Å². The van der Waals surface area contributed by atoms with Crippen molar-refractivity contribution in [1.82, 2.24) is 5.01 Å². The number of hydrazone groups is 1. The molecule has 1 amide bonds. The number of amides is 1. The van der Waals surface area contributed by atoms with Crippen molar-refractivity contribution in [3.63, 3.8) is 0 Å². The molecule has 3 nitrogen and oxygen atoms in total. The van der Waals surface area contributed by atoms with Crippen molar-refractivity contribution in [3.05, 3.63) is 47.5 Å². The van der Waals surface area contributed by atoms with Crippen LogP contribution >= 0.6 is 0 Å².